The topological polar surface area (TPSA) is 51.0 Å². The van der Waals surface area contributed by atoms with Gasteiger partial charge in [-0.05, 0) is 48.4 Å². The van der Waals surface area contributed by atoms with E-state index in [1.165, 1.54) is 22.9 Å². The van der Waals surface area contributed by atoms with Crippen molar-refractivity contribution in [3.8, 4) is 17.1 Å². The zero-order valence-electron chi connectivity index (χ0n) is 17.8. The molecule has 2 aromatic carbocycles. The maximum absolute atomic E-state index is 12.7. The van der Waals surface area contributed by atoms with Gasteiger partial charge in [0.1, 0.15) is 0 Å². The Bertz CT molecular complexity index is 1150. The Balaban J connectivity index is 1.59. The molecule has 7 heteroatoms. The predicted molar refractivity (Wildman–Crippen MR) is 128 cm³/mol. The van der Waals surface area contributed by atoms with Crippen molar-refractivity contribution in [3.05, 3.63) is 82.0 Å². The van der Waals surface area contributed by atoms with Crippen molar-refractivity contribution in [2.24, 2.45) is 0 Å². The summed E-state index contributed by atoms with van der Waals surface area (Å²) in [6.45, 7) is 4.74. The van der Waals surface area contributed by atoms with Gasteiger partial charge in [-0.2, -0.15) is 11.3 Å². The third-order valence-electron chi connectivity index (χ3n) is 4.99. The molecule has 0 aliphatic rings. The van der Waals surface area contributed by atoms with Crippen LogP contribution in [0.3, 0.4) is 0 Å². The number of aryl methyl sites for hydroxylation is 2. The maximum atomic E-state index is 12.7. The smallest absolute Gasteiger partial charge is 0.233 e. The number of hydrogen-bond donors (Lipinski definition) is 0. The minimum Gasteiger partial charge on any atom is -0.341 e. The Labute approximate surface area is 190 Å². The Hall–Kier alpha value is -2.90. The second-order valence-corrected chi connectivity index (χ2v) is 9.24. The summed E-state index contributed by atoms with van der Waals surface area (Å²) < 4.78 is 2.03. The van der Waals surface area contributed by atoms with Crippen LogP contribution in [-0.2, 0) is 11.3 Å². The first-order valence-corrected chi connectivity index (χ1v) is 11.9. The normalized spacial score (nSPS) is 10.9. The molecular formula is C24H24N4OS2. The van der Waals surface area contributed by atoms with Crippen molar-refractivity contribution in [3.63, 3.8) is 0 Å². The number of carbonyl (C=O) groups is 1. The molecule has 31 heavy (non-hydrogen) atoms. The number of thioether (sulfide) groups is 1. The number of hydrogen-bond acceptors (Lipinski definition) is 5. The van der Waals surface area contributed by atoms with Gasteiger partial charge in [-0.25, -0.2) is 0 Å². The largest absolute Gasteiger partial charge is 0.341 e. The number of carbonyl (C=O) groups excluding carboxylic acids is 1. The van der Waals surface area contributed by atoms with E-state index in [1.807, 2.05) is 23.1 Å². The van der Waals surface area contributed by atoms with Gasteiger partial charge in [-0.15, -0.1) is 10.2 Å². The van der Waals surface area contributed by atoms with Crippen LogP contribution in [0.5, 0.6) is 0 Å². The SMILES string of the molecule is Cc1ccc(-c2nnc(SCC(=O)N(C)Cc3ccsc3)n2-c2ccc(C)cc2)cc1. The summed E-state index contributed by atoms with van der Waals surface area (Å²) >= 11 is 3.06. The summed E-state index contributed by atoms with van der Waals surface area (Å²) in [5, 5.41) is 13.7. The Morgan fingerprint density at radius 2 is 1.68 bits per heavy atom. The molecule has 2 aromatic heterocycles. The summed E-state index contributed by atoms with van der Waals surface area (Å²) in [6.07, 6.45) is 0. The number of rotatable bonds is 7. The fraction of sp³-hybridized carbons (Fsp3) is 0.208. The lowest BCUT2D eigenvalue weighted by Crippen LogP contribution is -2.27. The van der Waals surface area contributed by atoms with Crippen LogP contribution < -0.4 is 0 Å². The van der Waals surface area contributed by atoms with Crippen LogP contribution in [0.4, 0.5) is 0 Å². The first-order valence-electron chi connectivity index (χ1n) is 9.98. The number of aromatic nitrogens is 3. The van der Waals surface area contributed by atoms with E-state index < -0.39 is 0 Å². The zero-order chi connectivity index (χ0) is 21.8. The van der Waals surface area contributed by atoms with Gasteiger partial charge in [-0.3, -0.25) is 9.36 Å². The average Bonchev–Trinajstić information content (AvgIpc) is 3.43. The molecule has 0 aliphatic carbocycles. The number of nitrogens with zero attached hydrogens (tertiary/aromatic N) is 4. The van der Waals surface area contributed by atoms with E-state index in [-0.39, 0.29) is 5.91 Å². The molecule has 0 fully saturated rings. The van der Waals surface area contributed by atoms with Gasteiger partial charge >= 0.3 is 0 Å². The third-order valence-corrected chi connectivity index (χ3v) is 6.63. The minimum atomic E-state index is 0.0616. The molecule has 0 saturated carbocycles. The summed E-state index contributed by atoms with van der Waals surface area (Å²) in [6, 6.07) is 18.6. The first kappa shape index (κ1) is 21.3. The fourth-order valence-electron chi connectivity index (χ4n) is 3.16. The molecule has 2 heterocycles. The molecule has 0 N–H and O–H groups in total. The maximum Gasteiger partial charge on any atom is 0.233 e. The molecule has 4 aromatic rings. The number of amides is 1. The fourth-order valence-corrected chi connectivity index (χ4v) is 4.71. The lowest BCUT2D eigenvalue weighted by molar-refractivity contribution is -0.127. The van der Waals surface area contributed by atoms with Gasteiger partial charge in [0, 0.05) is 24.8 Å². The number of thiophene rings is 1. The van der Waals surface area contributed by atoms with E-state index >= 15 is 0 Å². The molecular weight excluding hydrogens is 424 g/mol. The van der Waals surface area contributed by atoms with E-state index in [4.69, 9.17) is 0 Å². The lowest BCUT2D eigenvalue weighted by atomic mass is 10.1. The molecule has 0 atom stereocenters. The van der Waals surface area contributed by atoms with Crippen LogP contribution in [0.2, 0.25) is 0 Å². The van der Waals surface area contributed by atoms with E-state index in [9.17, 15) is 4.79 Å². The molecule has 4 rings (SSSR count). The highest BCUT2D eigenvalue weighted by Crippen LogP contribution is 2.28. The van der Waals surface area contributed by atoms with Crippen LogP contribution in [0.1, 0.15) is 16.7 Å². The third kappa shape index (κ3) is 5.06. The monoisotopic (exact) mass is 448 g/mol. The predicted octanol–water partition coefficient (Wildman–Crippen LogP) is 5.36. The second kappa shape index (κ2) is 9.49. The Morgan fingerprint density at radius 1 is 1.00 bits per heavy atom. The molecule has 0 radical (unpaired) electrons. The van der Waals surface area contributed by atoms with Crippen LogP contribution in [0.15, 0.2) is 70.5 Å². The molecule has 5 nitrogen and oxygen atoms in total. The summed E-state index contributed by atoms with van der Waals surface area (Å²) in [5.41, 5.74) is 5.50. The van der Waals surface area contributed by atoms with Crippen molar-refractivity contribution < 1.29 is 4.79 Å². The zero-order valence-corrected chi connectivity index (χ0v) is 19.4. The molecule has 0 aliphatic heterocycles. The standard InChI is InChI=1S/C24H24N4OS2/c1-17-4-8-20(9-5-17)23-25-26-24(28(23)21-10-6-18(2)7-11-21)31-16-22(29)27(3)14-19-12-13-30-15-19/h4-13,15H,14,16H2,1-3H3. The molecule has 1 amide bonds. The van der Waals surface area contributed by atoms with Gasteiger partial charge < -0.3 is 4.90 Å². The van der Waals surface area contributed by atoms with Crippen molar-refractivity contribution in [1.29, 1.82) is 0 Å². The van der Waals surface area contributed by atoms with E-state index in [0.29, 0.717) is 17.5 Å². The van der Waals surface area contributed by atoms with Crippen LogP contribution >= 0.6 is 23.1 Å². The lowest BCUT2D eigenvalue weighted by Gasteiger charge is -2.16. The van der Waals surface area contributed by atoms with Gasteiger partial charge in [0.05, 0.1) is 5.75 Å². The van der Waals surface area contributed by atoms with Gasteiger partial charge in [-0.1, -0.05) is 59.3 Å². The summed E-state index contributed by atoms with van der Waals surface area (Å²) in [5.74, 6) is 1.13. The van der Waals surface area contributed by atoms with Crippen LogP contribution in [0.25, 0.3) is 17.1 Å². The molecule has 0 spiro atoms. The Kier molecular flexibility index (Phi) is 6.53. The molecule has 0 unspecified atom stereocenters. The van der Waals surface area contributed by atoms with Gasteiger partial charge in [0.2, 0.25) is 5.91 Å². The van der Waals surface area contributed by atoms with Crippen molar-refractivity contribution in [2.45, 2.75) is 25.5 Å². The highest BCUT2D eigenvalue weighted by Gasteiger charge is 2.18. The summed E-state index contributed by atoms with van der Waals surface area (Å²) in [7, 11) is 1.84. The Morgan fingerprint density at radius 3 is 2.32 bits per heavy atom. The van der Waals surface area contributed by atoms with E-state index in [0.717, 1.165) is 22.6 Å². The van der Waals surface area contributed by atoms with Crippen molar-refractivity contribution >= 4 is 29.0 Å². The second-order valence-electron chi connectivity index (χ2n) is 7.51. The van der Waals surface area contributed by atoms with E-state index in [2.05, 4.69) is 78.0 Å². The quantitative estimate of drug-likeness (QED) is 0.357. The number of benzene rings is 2. The first-order chi connectivity index (χ1) is 15.0. The van der Waals surface area contributed by atoms with Gasteiger partial charge in [0.25, 0.3) is 0 Å². The van der Waals surface area contributed by atoms with E-state index in [1.54, 1.807) is 16.2 Å². The van der Waals surface area contributed by atoms with Gasteiger partial charge in [0.15, 0.2) is 11.0 Å². The van der Waals surface area contributed by atoms with Crippen molar-refractivity contribution in [1.82, 2.24) is 19.7 Å². The van der Waals surface area contributed by atoms with Crippen LogP contribution in [-0.4, -0.2) is 38.4 Å². The molecule has 0 bridgehead atoms. The highest BCUT2D eigenvalue weighted by atomic mass is 32.2. The van der Waals surface area contributed by atoms with Crippen molar-refractivity contribution in [2.75, 3.05) is 12.8 Å². The summed E-state index contributed by atoms with van der Waals surface area (Å²) in [4.78, 5) is 14.5. The minimum absolute atomic E-state index is 0.0616. The highest BCUT2D eigenvalue weighted by molar-refractivity contribution is 7.99. The molecule has 0 saturated heterocycles. The molecule has 158 valence electrons. The average molecular weight is 449 g/mol. The van der Waals surface area contributed by atoms with Crippen LogP contribution in [0, 0.1) is 13.8 Å².